The minimum atomic E-state index is -0.594. The van der Waals surface area contributed by atoms with Gasteiger partial charge in [-0.2, -0.15) is 5.26 Å². The fraction of sp³-hybridized carbons (Fsp3) is 0.593. The van der Waals surface area contributed by atoms with Gasteiger partial charge in [0.2, 0.25) is 5.88 Å². The lowest BCUT2D eigenvalue weighted by atomic mass is 9.95. The Bertz CT molecular complexity index is 1380. The molecule has 3 aromatic heterocycles. The van der Waals surface area contributed by atoms with Crippen LogP contribution in [0.25, 0.3) is 21.9 Å². The highest BCUT2D eigenvalue weighted by atomic mass is 16.6. The first-order valence-electron chi connectivity index (χ1n) is 13.1. The molecule has 1 amide bonds. The zero-order valence-electron chi connectivity index (χ0n) is 23.0. The Morgan fingerprint density at radius 1 is 1.24 bits per heavy atom. The van der Waals surface area contributed by atoms with Crippen LogP contribution in [-0.2, 0) is 4.74 Å². The van der Waals surface area contributed by atoms with Crippen LogP contribution in [0.3, 0.4) is 0 Å². The van der Waals surface area contributed by atoms with Crippen LogP contribution in [0.5, 0.6) is 5.88 Å². The third-order valence-corrected chi connectivity index (χ3v) is 7.49. The minimum Gasteiger partial charge on any atom is -0.479 e. The fourth-order valence-corrected chi connectivity index (χ4v) is 5.43. The molecule has 2 fully saturated rings. The lowest BCUT2D eigenvalue weighted by Crippen LogP contribution is -2.57. The second-order valence-electron chi connectivity index (χ2n) is 11.4. The predicted molar refractivity (Wildman–Crippen MR) is 144 cm³/mol. The van der Waals surface area contributed by atoms with E-state index in [1.54, 1.807) is 18.2 Å². The summed E-state index contributed by atoms with van der Waals surface area (Å²) in [5.41, 5.74) is 1.93. The quantitative estimate of drug-likeness (QED) is 0.498. The van der Waals surface area contributed by atoms with E-state index in [0.717, 1.165) is 41.7 Å². The number of aromatic nitrogens is 4. The number of pyridine rings is 2. The van der Waals surface area contributed by atoms with Crippen LogP contribution < -0.4 is 9.64 Å². The van der Waals surface area contributed by atoms with Crippen LogP contribution >= 0.6 is 0 Å². The Balaban J connectivity index is 1.54. The van der Waals surface area contributed by atoms with Gasteiger partial charge in [-0.25, -0.2) is 19.7 Å². The van der Waals surface area contributed by atoms with Crippen molar-refractivity contribution in [1.29, 1.82) is 5.26 Å². The van der Waals surface area contributed by atoms with Crippen molar-refractivity contribution in [2.45, 2.75) is 63.8 Å². The van der Waals surface area contributed by atoms with Gasteiger partial charge in [0.25, 0.3) is 0 Å². The van der Waals surface area contributed by atoms with E-state index >= 15 is 0 Å². The van der Waals surface area contributed by atoms with E-state index in [4.69, 9.17) is 19.4 Å². The number of nitrogens with zero attached hydrogens (tertiary/aromatic N) is 8. The summed E-state index contributed by atoms with van der Waals surface area (Å²) < 4.78 is 13.4. The number of rotatable bonds is 5. The summed E-state index contributed by atoms with van der Waals surface area (Å²) in [7, 11) is 5.79. The molecule has 202 valence electrons. The molecular formula is C27H36N8O3. The van der Waals surface area contributed by atoms with Gasteiger partial charge in [-0.3, -0.25) is 0 Å². The SMILES string of the molecule is COc1nccc2c1nc(N1CC(N(C)C)C1)c1ncn([C@H]3CCN(C(=O)OC(C)(C)C)[C@H](CC#N)C3)c12. The second kappa shape index (κ2) is 9.91. The number of amides is 1. The number of likely N-dealkylation sites (N-methyl/N-ethyl adjacent to an activating group) is 1. The molecule has 38 heavy (non-hydrogen) atoms. The molecule has 0 saturated carbocycles. The Morgan fingerprint density at radius 3 is 2.66 bits per heavy atom. The molecule has 5 rings (SSSR count). The first-order chi connectivity index (χ1) is 18.1. The first-order valence-corrected chi connectivity index (χ1v) is 13.1. The standard InChI is InChI=1S/C27H36N8O3/c1-27(2,3)38-26(36)34-12-9-18(13-17(34)7-10-28)35-16-30-22-23(35)20-8-11-29-25(37-6)21(20)31-24(22)33-14-19(15-33)32(4)5/h8,11,16-19H,7,9,12-15H2,1-6H3/t17-,18+/m1/s1. The molecule has 11 nitrogen and oxygen atoms in total. The number of carbonyl (C=O) groups excluding carboxylic acids is 1. The summed E-state index contributed by atoms with van der Waals surface area (Å²) in [6.07, 6.45) is 4.84. The maximum Gasteiger partial charge on any atom is 0.410 e. The lowest BCUT2D eigenvalue weighted by Gasteiger charge is -2.43. The Labute approximate surface area is 222 Å². The van der Waals surface area contributed by atoms with E-state index in [2.05, 4.69) is 39.5 Å². The van der Waals surface area contributed by atoms with Crippen LogP contribution in [0.2, 0.25) is 0 Å². The van der Waals surface area contributed by atoms with Crippen molar-refractivity contribution in [3.05, 3.63) is 18.6 Å². The van der Waals surface area contributed by atoms with Crippen LogP contribution in [-0.4, -0.2) is 93.9 Å². The van der Waals surface area contributed by atoms with Crippen molar-refractivity contribution >= 4 is 33.8 Å². The van der Waals surface area contributed by atoms with Gasteiger partial charge in [0, 0.05) is 49.3 Å². The van der Waals surface area contributed by atoms with E-state index in [-0.39, 0.29) is 24.6 Å². The maximum atomic E-state index is 12.9. The van der Waals surface area contributed by atoms with Crippen molar-refractivity contribution in [3.8, 4) is 11.9 Å². The number of ether oxygens (including phenoxy) is 2. The van der Waals surface area contributed by atoms with Gasteiger partial charge >= 0.3 is 6.09 Å². The number of methoxy groups -OCH3 is 1. The molecular weight excluding hydrogens is 484 g/mol. The number of fused-ring (bicyclic) bond motifs is 3. The third-order valence-electron chi connectivity index (χ3n) is 7.49. The fourth-order valence-electron chi connectivity index (χ4n) is 5.43. The number of imidazole rings is 1. The van der Waals surface area contributed by atoms with Crippen LogP contribution in [0, 0.1) is 11.3 Å². The van der Waals surface area contributed by atoms with E-state index in [1.165, 1.54) is 0 Å². The predicted octanol–water partition coefficient (Wildman–Crippen LogP) is 3.59. The molecule has 0 aromatic carbocycles. The highest BCUT2D eigenvalue weighted by molar-refractivity contribution is 6.08. The highest BCUT2D eigenvalue weighted by Crippen LogP contribution is 2.39. The molecule has 2 aliphatic heterocycles. The number of anilines is 1. The van der Waals surface area contributed by atoms with Gasteiger partial charge in [-0.05, 0) is 53.8 Å². The Morgan fingerprint density at radius 2 is 2.00 bits per heavy atom. The maximum absolute atomic E-state index is 12.9. The molecule has 0 bridgehead atoms. The normalized spacial score (nSPS) is 20.6. The molecule has 5 heterocycles. The topological polar surface area (TPSA) is 113 Å². The summed E-state index contributed by atoms with van der Waals surface area (Å²) in [5, 5.41) is 10.5. The van der Waals surface area contributed by atoms with Gasteiger partial charge in [0.05, 0.1) is 31.4 Å². The van der Waals surface area contributed by atoms with Crippen LogP contribution in [0.15, 0.2) is 18.6 Å². The van der Waals surface area contributed by atoms with E-state index in [0.29, 0.717) is 30.4 Å². The van der Waals surface area contributed by atoms with Crippen LogP contribution in [0.1, 0.15) is 46.1 Å². The van der Waals surface area contributed by atoms with E-state index in [9.17, 15) is 10.1 Å². The van der Waals surface area contributed by atoms with Crippen molar-refractivity contribution in [2.24, 2.45) is 0 Å². The summed E-state index contributed by atoms with van der Waals surface area (Å²) in [5.74, 6) is 1.31. The van der Waals surface area contributed by atoms with Crippen molar-refractivity contribution < 1.29 is 14.3 Å². The molecule has 2 aliphatic rings. The molecule has 0 unspecified atom stereocenters. The smallest absolute Gasteiger partial charge is 0.410 e. The zero-order chi connectivity index (χ0) is 27.2. The number of hydrogen-bond donors (Lipinski definition) is 0. The summed E-state index contributed by atoms with van der Waals surface area (Å²) in [4.78, 5) is 33.4. The van der Waals surface area contributed by atoms with E-state index in [1.807, 2.05) is 33.2 Å². The number of likely N-dealkylation sites (tertiary alicyclic amines) is 1. The van der Waals surface area contributed by atoms with Gasteiger partial charge < -0.3 is 28.7 Å². The van der Waals surface area contributed by atoms with Gasteiger partial charge in [0.1, 0.15) is 16.6 Å². The molecule has 0 N–H and O–H groups in total. The van der Waals surface area contributed by atoms with E-state index < -0.39 is 5.60 Å². The summed E-state index contributed by atoms with van der Waals surface area (Å²) in [6, 6.07) is 4.49. The molecule has 11 heteroatoms. The van der Waals surface area contributed by atoms with Gasteiger partial charge in [-0.15, -0.1) is 0 Å². The molecule has 0 radical (unpaired) electrons. The number of piperidine rings is 1. The average molecular weight is 521 g/mol. The lowest BCUT2D eigenvalue weighted by molar-refractivity contribution is 0.00618. The van der Waals surface area contributed by atoms with Crippen molar-refractivity contribution in [2.75, 3.05) is 45.7 Å². The molecule has 2 saturated heterocycles. The average Bonchev–Trinajstić information content (AvgIpc) is 3.27. The molecule has 3 aromatic rings. The molecule has 0 aliphatic carbocycles. The monoisotopic (exact) mass is 520 g/mol. The number of hydrogen-bond acceptors (Lipinski definition) is 9. The third kappa shape index (κ3) is 4.69. The van der Waals surface area contributed by atoms with Gasteiger partial charge in [0.15, 0.2) is 5.82 Å². The number of carbonyl (C=O) groups is 1. The zero-order valence-corrected chi connectivity index (χ0v) is 23.0. The summed E-state index contributed by atoms with van der Waals surface area (Å²) in [6.45, 7) is 7.81. The second-order valence-corrected chi connectivity index (χ2v) is 11.4. The Kier molecular flexibility index (Phi) is 6.77. The molecule has 0 spiro atoms. The van der Waals surface area contributed by atoms with Crippen molar-refractivity contribution in [1.82, 2.24) is 29.3 Å². The highest BCUT2D eigenvalue weighted by Gasteiger charge is 2.37. The Hall–Kier alpha value is -3.65. The summed E-state index contributed by atoms with van der Waals surface area (Å²) >= 11 is 0. The first kappa shape index (κ1) is 26.0. The van der Waals surface area contributed by atoms with Gasteiger partial charge in [-0.1, -0.05) is 0 Å². The van der Waals surface area contributed by atoms with Crippen molar-refractivity contribution in [3.63, 3.8) is 0 Å². The number of nitriles is 1. The van der Waals surface area contributed by atoms with Crippen LogP contribution in [0.4, 0.5) is 10.6 Å². The largest absolute Gasteiger partial charge is 0.479 e. The minimum absolute atomic E-state index is 0.0561. The molecule has 2 atom stereocenters.